The predicted octanol–water partition coefficient (Wildman–Crippen LogP) is 3.71. The van der Waals surface area contributed by atoms with E-state index in [1.54, 1.807) is 32.2 Å². The number of ether oxygens (including phenoxy) is 2. The van der Waals surface area contributed by atoms with Crippen molar-refractivity contribution in [3.05, 3.63) is 58.6 Å². The minimum atomic E-state index is -0.487. The number of hydrogen-bond donors (Lipinski definition) is 1. The van der Waals surface area contributed by atoms with Crippen LogP contribution in [0, 0.1) is 0 Å². The fourth-order valence-corrected chi connectivity index (χ4v) is 2.36. The number of hydrogen-bond acceptors (Lipinski definition) is 4. The van der Waals surface area contributed by atoms with Gasteiger partial charge in [-0.05, 0) is 42.8 Å². The second kappa shape index (κ2) is 8.36. The summed E-state index contributed by atoms with van der Waals surface area (Å²) in [7, 11) is 1.59. The Morgan fingerprint density at radius 2 is 1.83 bits per heavy atom. The van der Waals surface area contributed by atoms with E-state index in [-0.39, 0.29) is 29.5 Å². The van der Waals surface area contributed by atoms with Gasteiger partial charge < -0.3 is 14.8 Å². The van der Waals surface area contributed by atoms with Gasteiger partial charge in [0.2, 0.25) is 5.91 Å². The molecule has 24 heavy (non-hydrogen) atoms. The van der Waals surface area contributed by atoms with Crippen molar-refractivity contribution < 1.29 is 19.1 Å². The summed E-state index contributed by atoms with van der Waals surface area (Å²) in [6, 6.07) is 11.9. The average Bonchev–Trinajstić information content (AvgIpc) is 2.55. The Hall–Kier alpha value is -2.53. The summed E-state index contributed by atoms with van der Waals surface area (Å²) >= 11 is 6.07. The molecule has 126 valence electrons. The van der Waals surface area contributed by atoms with E-state index < -0.39 is 5.97 Å². The molecule has 0 aliphatic heterocycles. The van der Waals surface area contributed by atoms with E-state index >= 15 is 0 Å². The molecule has 0 unspecified atom stereocenters. The van der Waals surface area contributed by atoms with Crippen LogP contribution in [-0.4, -0.2) is 25.6 Å². The monoisotopic (exact) mass is 347 g/mol. The molecule has 0 aromatic heterocycles. The first-order valence-corrected chi connectivity index (χ1v) is 7.80. The topological polar surface area (TPSA) is 64.6 Å². The summed E-state index contributed by atoms with van der Waals surface area (Å²) < 4.78 is 9.98. The van der Waals surface area contributed by atoms with Crippen LogP contribution in [0.4, 0.5) is 5.69 Å². The molecule has 0 saturated carbocycles. The molecule has 6 heteroatoms. The molecule has 0 aliphatic rings. The third-order valence-electron chi connectivity index (χ3n) is 3.27. The van der Waals surface area contributed by atoms with Gasteiger partial charge in [-0.25, -0.2) is 4.79 Å². The van der Waals surface area contributed by atoms with Gasteiger partial charge in [0.25, 0.3) is 0 Å². The van der Waals surface area contributed by atoms with Crippen molar-refractivity contribution in [1.29, 1.82) is 0 Å². The molecule has 2 aromatic rings. The highest BCUT2D eigenvalue weighted by Crippen LogP contribution is 2.22. The van der Waals surface area contributed by atoms with Crippen LogP contribution in [0.25, 0.3) is 0 Å². The second-order valence-electron chi connectivity index (χ2n) is 4.99. The Balaban J connectivity index is 2.00. The molecule has 0 radical (unpaired) electrons. The van der Waals surface area contributed by atoms with Crippen LogP contribution < -0.4 is 10.1 Å². The zero-order valence-corrected chi connectivity index (χ0v) is 14.2. The molecule has 1 N–H and O–H groups in total. The SMILES string of the molecule is CCOC(=O)c1ccc(NC(=O)Cc2ccc(OC)cc2)cc1Cl. The Morgan fingerprint density at radius 1 is 1.12 bits per heavy atom. The molecular weight excluding hydrogens is 330 g/mol. The molecule has 5 nitrogen and oxygen atoms in total. The second-order valence-corrected chi connectivity index (χ2v) is 5.40. The first-order valence-electron chi connectivity index (χ1n) is 7.43. The van der Waals surface area contributed by atoms with Gasteiger partial charge in [-0.2, -0.15) is 0 Å². The van der Waals surface area contributed by atoms with Gasteiger partial charge in [0, 0.05) is 5.69 Å². The first kappa shape index (κ1) is 17.8. The highest BCUT2D eigenvalue weighted by atomic mass is 35.5. The quantitative estimate of drug-likeness (QED) is 0.809. The van der Waals surface area contributed by atoms with Crippen molar-refractivity contribution in [2.75, 3.05) is 19.0 Å². The number of amides is 1. The van der Waals surface area contributed by atoms with Gasteiger partial charge in [0.05, 0.1) is 30.7 Å². The van der Waals surface area contributed by atoms with Gasteiger partial charge in [0.1, 0.15) is 5.75 Å². The molecular formula is C18H18ClNO4. The summed E-state index contributed by atoms with van der Waals surface area (Å²) in [4.78, 5) is 23.8. The molecule has 0 atom stereocenters. The Bertz CT molecular complexity index is 728. The van der Waals surface area contributed by atoms with E-state index in [1.165, 1.54) is 12.1 Å². The molecule has 0 heterocycles. The van der Waals surface area contributed by atoms with Gasteiger partial charge in [0.15, 0.2) is 0 Å². The zero-order chi connectivity index (χ0) is 17.5. The van der Waals surface area contributed by atoms with E-state index in [0.717, 1.165) is 11.3 Å². The number of esters is 1. The van der Waals surface area contributed by atoms with Crippen molar-refractivity contribution in [3.63, 3.8) is 0 Å². The summed E-state index contributed by atoms with van der Waals surface area (Å²) in [5.41, 5.74) is 1.65. The van der Waals surface area contributed by atoms with E-state index in [4.69, 9.17) is 21.1 Å². The van der Waals surface area contributed by atoms with E-state index in [9.17, 15) is 9.59 Å². The number of anilines is 1. The van der Waals surface area contributed by atoms with Gasteiger partial charge in [-0.15, -0.1) is 0 Å². The van der Waals surface area contributed by atoms with Gasteiger partial charge in [-0.1, -0.05) is 23.7 Å². The van der Waals surface area contributed by atoms with Crippen LogP contribution in [0.15, 0.2) is 42.5 Å². The lowest BCUT2D eigenvalue weighted by Crippen LogP contribution is -2.14. The van der Waals surface area contributed by atoms with Crippen molar-refractivity contribution in [1.82, 2.24) is 0 Å². The van der Waals surface area contributed by atoms with Crippen molar-refractivity contribution in [2.45, 2.75) is 13.3 Å². The van der Waals surface area contributed by atoms with E-state index in [1.807, 2.05) is 12.1 Å². The Morgan fingerprint density at radius 3 is 2.42 bits per heavy atom. The first-order chi connectivity index (χ1) is 11.5. The number of halogens is 1. The van der Waals surface area contributed by atoms with Crippen LogP contribution in [0.5, 0.6) is 5.75 Å². The Kier molecular flexibility index (Phi) is 6.21. The third-order valence-corrected chi connectivity index (χ3v) is 3.58. The molecule has 1 amide bonds. The highest BCUT2D eigenvalue weighted by Gasteiger charge is 2.12. The summed E-state index contributed by atoms with van der Waals surface area (Å²) in [5.74, 6) is 0.0687. The minimum absolute atomic E-state index is 0.180. The van der Waals surface area contributed by atoms with Crippen molar-refractivity contribution in [3.8, 4) is 5.75 Å². The number of carbonyl (C=O) groups excluding carboxylic acids is 2. The smallest absolute Gasteiger partial charge is 0.339 e. The number of carbonyl (C=O) groups is 2. The van der Waals surface area contributed by atoms with Crippen LogP contribution in [0.2, 0.25) is 5.02 Å². The Labute approximate surface area is 145 Å². The largest absolute Gasteiger partial charge is 0.497 e. The fourth-order valence-electron chi connectivity index (χ4n) is 2.10. The van der Waals surface area contributed by atoms with Gasteiger partial charge in [-0.3, -0.25) is 4.79 Å². The average molecular weight is 348 g/mol. The van der Waals surface area contributed by atoms with Crippen LogP contribution >= 0.6 is 11.6 Å². The number of rotatable bonds is 6. The van der Waals surface area contributed by atoms with Gasteiger partial charge >= 0.3 is 5.97 Å². The predicted molar refractivity (Wildman–Crippen MR) is 92.7 cm³/mol. The summed E-state index contributed by atoms with van der Waals surface area (Å²) in [6.07, 6.45) is 0.223. The lowest BCUT2D eigenvalue weighted by Gasteiger charge is -2.09. The molecule has 0 saturated heterocycles. The van der Waals surface area contributed by atoms with Crippen LogP contribution in [0.3, 0.4) is 0 Å². The van der Waals surface area contributed by atoms with Crippen molar-refractivity contribution in [2.24, 2.45) is 0 Å². The molecule has 0 aliphatic carbocycles. The van der Waals surface area contributed by atoms with E-state index in [0.29, 0.717) is 5.69 Å². The summed E-state index contributed by atoms with van der Waals surface area (Å²) in [6.45, 7) is 2.00. The molecule has 0 bridgehead atoms. The van der Waals surface area contributed by atoms with Crippen LogP contribution in [0.1, 0.15) is 22.8 Å². The lowest BCUT2D eigenvalue weighted by molar-refractivity contribution is -0.115. The number of benzene rings is 2. The number of nitrogens with one attached hydrogen (secondary N) is 1. The zero-order valence-electron chi connectivity index (χ0n) is 13.5. The fraction of sp³-hybridized carbons (Fsp3) is 0.222. The summed E-state index contributed by atoms with van der Waals surface area (Å²) in [5, 5.41) is 2.98. The standard InChI is InChI=1S/C18H18ClNO4/c1-3-24-18(22)15-9-6-13(11-16(15)19)20-17(21)10-12-4-7-14(23-2)8-5-12/h4-9,11H,3,10H2,1-2H3,(H,20,21). The van der Waals surface area contributed by atoms with Crippen LogP contribution in [-0.2, 0) is 16.0 Å². The number of methoxy groups -OCH3 is 1. The normalized spacial score (nSPS) is 10.1. The minimum Gasteiger partial charge on any atom is -0.497 e. The lowest BCUT2D eigenvalue weighted by atomic mass is 10.1. The maximum atomic E-state index is 12.1. The third kappa shape index (κ3) is 4.73. The molecule has 0 fully saturated rings. The maximum Gasteiger partial charge on any atom is 0.339 e. The maximum absolute atomic E-state index is 12.1. The van der Waals surface area contributed by atoms with E-state index in [2.05, 4.69) is 5.32 Å². The van der Waals surface area contributed by atoms with Crippen molar-refractivity contribution >= 4 is 29.2 Å². The highest BCUT2D eigenvalue weighted by molar-refractivity contribution is 6.34. The molecule has 2 aromatic carbocycles. The molecule has 0 spiro atoms. The molecule has 2 rings (SSSR count).